The quantitative estimate of drug-likeness (QED) is 0.391. The van der Waals surface area contributed by atoms with Gasteiger partial charge in [-0.1, -0.05) is 0 Å². The maximum Gasteiger partial charge on any atom is 0.336 e. The van der Waals surface area contributed by atoms with E-state index in [-0.39, 0.29) is 38.4 Å². The third-order valence-corrected chi connectivity index (χ3v) is 5.11. The van der Waals surface area contributed by atoms with E-state index in [1.54, 1.807) is 0 Å². The predicted octanol–water partition coefficient (Wildman–Crippen LogP) is -1.82. The lowest BCUT2D eigenvalue weighted by atomic mass is 10.4. The van der Waals surface area contributed by atoms with Crippen LogP contribution in [0.4, 0.5) is 0 Å². The molecule has 3 heterocycles. The fourth-order valence-electron chi connectivity index (χ4n) is 2.74. The summed E-state index contributed by atoms with van der Waals surface area (Å²) in [6, 6.07) is 0. The Labute approximate surface area is 150 Å². The van der Waals surface area contributed by atoms with Gasteiger partial charge < -0.3 is 19.0 Å². The Morgan fingerprint density at radius 1 is 1.00 bits per heavy atom. The molecule has 1 aromatic rings. The van der Waals surface area contributed by atoms with Gasteiger partial charge in [-0.05, 0) is 19.6 Å². The Morgan fingerprint density at radius 3 is 1.77 bits per heavy atom. The summed E-state index contributed by atoms with van der Waals surface area (Å²) in [5.74, 6) is 0. The molecule has 2 aliphatic rings. The zero-order chi connectivity index (χ0) is 19.1. The van der Waals surface area contributed by atoms with Gasteiger partial charge in [0.25, 0.3) is 0 Å². The van der Waals surface area contributed by atoms with Crippen molar-refractivity contribution in [2.24, 2.45) is 0 Å². The first-order valence-corrected chi connectivity index (χ1v) is 12.1. The average molecular weight is 387 g/mol. The monoisotopic (exact) mass is 387 g/mol. The van der Waals surface area contributed by atoms with Crippen molar-refractivity contribution in [3.8, 4) is 0 Å². The normalized spacial score (nSPS) is 23.1. The van der Waals surface area contributed by atoms with Crippen molar-refractivity contribution < 1.29 is 19.0 Å². The van der Waals surface area contributed by atoms with Crippen molar-refractivity contribution in [3.05, 3.63) is 31.5 Å². The van der Waals surface area contributed by atoms with Crippen LogP contribution in [-0.4, -0.2) is 65.3 Å². The van der Waals surface area contributed by atoms with Crippen molar-refractivity contribution in [2.45, 2.75) is 57.6 Å². The van der Waals surface area contributed by atoms with Crippen LogP contribution in [0.15, 0.2) is 14.4 Å². The molecule has 0 bridgehead atoms. The van der Waals surface area contributed by atoms with Crippen molar-refractivity contribution in [1.82, 2.24) is 13.7 Å². The van der Waals surface area contributed by atoms with E-state index in [1.807, 2.05) is 19.6 Å². The van der Waals surface area contributed by atoms with Crippen molar-refractivity contribution in [2.75, 3.05) is 19.8 Å². The lowest BCUT2D eigenvalue weighted by Crippen LogP contribution is -2.57. The molecule has 2 saturated heterocycles. The van der Waals surface area contributed by atoms with E-state index in [4.69, 9.17) is 13.9 Å². The fourth-order valence-corrected chi connectivity index (χ4v) is 3.89. The van der Waals surface area contributed by atoms with E-state index in [9.17, 15) is 19.5 Å². The number of hydrogen-bond donors (Lipinski definition) is 1. The number of rotatable bonds is 9. The maximum absolute atomic E-state index is 12.7. The van der Waals surface area contributed by atoms with E-state index in [2.05, 4.69) is 0 Å². The van der Waals surface area contributed by atoms with E-state index in [0.717, 1.165) is 13.7 Å². The molecular weight excluding hydrogens is 362 g/mol. The Balaban J connectivity index is 2.00. The van der Waals surface area contributed by atoms with Gasteiger partial charge in [-0.2, -0.15) is 0 Å². The van der Waals surface area contributed by atoms with Gasteiger partial charge in [-0.15, -0.1) is 0 Å². The molecule has 1 N–H and O–H groups in total. The average Bonchev–Trinajstić information content (AvgIpc) is 3.45. The van der Waals surface area contributed by atoms with Gasteiger partial charge in [0, 0.05) is 0 Å². The first kappa shape index (κ1) is 19.2. The van der Waals surface area contributed by atoms with Crippen molar-refractivity contribution >= 4 is 8.32 Å². The number of epoxide rings is 2. The van der Waals surface area contributed by atoms with Crippen LogP contribution < -0.4 is 17.1 Å². The highest BCUT2D eigenvalue weighted by Crippen LogP contribution is 2.11. The van der Waals surface area contributed by atoms with Gasteiger partial charge in [-0.3, -0.25) is 0 Å². The molecule has 0 aromatic carbocycles. The molecule has 146 valence electrons. The lowest BCUT2D eigenvalue weighted by molar-refractivity contribution is 0.0917. The van der Waals surface area contributed by atoms with E-state index < -0.39 is 31.5 Å². The first-order chi connectivity index (χ1) is 12.2. The molecule has 1 aromatic heterocycles. The van der Waals surface area contributed by atoms with Crippen LogP contribution >= 0.6 is 0 Å². The minimum atomic E-state index is -1.99. The molecule has 0 radical (unpaired) electrons. The van der Waals surface area contributed by atoms with Gasteiger partial charge >= 0.3 is 17.1 Å². The number of hydrogen-bond acceptors (Lipinski definition) is 7. The molecule has 3 atom stereocenters. The van der Waals surface area contributed by atoms with Crippen LogP contribution in [-0.2, 0) is 33.5 Å². The van der Waals surface area contributed by atoms with Crippen LogP contribution in [0.5, 0.6) is 0 Å². The standard InChI is InChI=1S/C15H25N3O7Si/c1-26(2,3)25-10(7-19)4-16-13(20)17(5-11-8-23-11)15(22)18(14(16)21)6-12-9-24-12/h10-12,19H,4-9H2,1-3H3. The summed E-state index contributed by atoms with van der Waals surface area (Å²) < 4.78 is 19.1. The van der Waals surface area contributed by atoms with E-state index in [1.165, 1.54) is 0 Å². The van der Waals surface area contributed by atoms with Crippen LogP contribution in [0.2, 0.25) is 19.6 Å². The molecule has 0 spiro atoms. The molecule has 2 aliphatic heterocycles. The van der Waals surface area contributed by atoms with Gasteiger partial charge in [0.15, 0.2) is 8.32 Å². The van der Waals surface area contributed by atoms with Gasteiger partial charge in [0.2, 0.25) is 0 Å². The van der Waals surface area contributed by atoms with Gasteiger partial charge in [-0.25, -0.2) is 28.1 Å². The molecule has 26 heavy (non-hydrogen) atoms. The third kappa shape index (κ3) is 4.60. The topological polar surface area (TPSA) is 121 Å². The minimum Gasteiger partial charge on any atom is -0.411 e. The SMILES string of the molecule is C[Si](C)(C)OC(CO)Cn1c(=O)n(CC2CO2)c(=O)n(CC2CO2)c1=O. The van der Waals surface area contributed by atoms with Gasteiger partial charge in [0.05, 0.1) is 57.8 Å². The zero-order valence-corrected chi connectivity index (χ0v) is 16.2. The second-order valence-corrected chi connectivity index (χ2v) is 12.1. The molecule has 2 fully saturated rings. The lowest BCUT2D eigenvalue weighted by Gasteiger charge is -2.25. The van der Waals surface area contributed by atoms with Crippen LogP contribution in [0, 0.1) is 0 Å². The Kier molecular flexibility index (Phi) is 5.35. The molecular formula is C15H25N3O7Si. The molecule has 11 heteroatoms. The zero-order valence-electron chi connectivity index (χ0n) is 15.2. The maximum atomic E-state index is 12.7. The third-order valence-electron chi connectivity index (χ3n) is 4.07. The number of aromatic nitrogens is 3. The summed E-state index contributed by atoms with van der Waals surface area (Å²) >= 11 is 0. The van der Waals surface area contributed by atoms with Crippen LogP contribution in [0.3, 0.4) is 0 Å². The smallest absolute Gasteiger partial charge is 0.336 e. The summed E-state index contributed by atoms with van der Waals surface area (Å²) in [6.45, 7) is 6.57. The van der Waals surface area contributed by atoms with Gasteiger partial charge in [0.1, 0.15) is 0 Å². The van der Waals surface area contributed by atoms with Crippen molar-refractivity contribution in [1.29, 1.82) is 0 Å². The fraction of sp³-hybridized carbons (Fsp3) is 0.800. The molecule has 0 aliphatic carbocycles. The highest BCUT2D eigenvalue weighted by atomic mass is 28.4. The Morgan fingerprint density at radius 2 is 1.42 bits per heavy atom. The molecule has 0 saturated carbocycles. The predicted molar refractivity (Wildman–Crippen MR) is 94.0 cm³/mol. The number of nitrogens with zero attached hydrogens (tertiary/aromatic N) is 3. The molecule has 0 amide bonds. The minimum absolute atomic E-state index is 0.0993. The number of aliphatic hydroxyl groups excluding tert-OH is 1. The number of ether oxygens (including phenoxy) is 2. The van der Waals surface area contributed by atoms with Crippen LogP contribution in [0.25, 0.3) is 0 Å². The summed E-state index contributed by atoms with van der Waals surface area (Å²) in [5.41, 5.74) is -2.07. The van der Waals surface area contributed by atoms with Crippen molar-refractivity contribution in [3.63, 3.8) is 0 Å². The first-order valence-electron chi connectivity index (χ1n) is 8.66. The second-order valence-electron chi connectivity index (χ2n) is 7.63. The second kappa shape index (κ2) is 7.23. The summed E-state index contributed by atoms with van der Waals surface area (Å²) in [4.78, 5) is 38.1. The molecule has 3 rings (SSSR count). The Hall–Kier alpha value is -1.53. The number of aliphatic hydroxyl groups is 1. The Bertz CT molecular complexity index is 777. The summed E-state index contributed by atoms with van der Waals surface area (Å²) in [5, 5.41) is 9.60. The molecule has 10 nitrogen and oxygen atoms in total. The van der Waals surface area contributed by atoms with Crippen LogP contribution in [0.1, 0.15) is 0 Å². The highest BCUT2D eigenvalue weighted by Gasteiger charge is 2.30. The molecule has 3 unspecified atom stereocenters. The highest BCUT2D eigenvalue weighted by molar-refractivity contribution is 6.69. The largest absolute Gasteiger partial charge is 0.411 e. The summed E-state index contributed by atoms with van der Waals surface area (Å²) in [7, 11) is -1.99. The summed E-state index contributed by atoms with van der Waals surface area (Å²) in [6.07, 6.45) is -1.08. The van der Waals surface area contributed by atoms with E-state index >= 15 is 0 Å². The van der Waals surface area contributed by atoms with E-state index in [0.29, 0.717) is 13.2 Å².